The molecule has 1 atom stereocenters. The highest BCUT2D eigenvalue weighted by molar-refractivity contribution is 5.51. The molecule has 0 saturated carbocycles. The van der Waals surface area contributed by atoms with E-state index in [2.05, 4.69) is 5.32 Å². The van der Waals surface area contributed by atoms with Crippen LogP contribution >= 0.6 is 0 Å². The molecule has 2 N–H and O–H groups in total. The number of anilines is 1. The summed E-state index contributed by atoms with van der Waals surface area (Å²) in [6.45, 7) is 0.943. The Morgan fingerprint density at radius 3 is 2.37 bits per heavy atom. The van der Waals surface area contributed by atoms with Gasteiger partial charge in [0.2, 0.25) is 5.60 Å². The topological polar surface area (TPSA) is 113 Å². The van der Waals surface area contributed by atoms with Crippen molar-refractivity contribution < 1.29 is 22.7 Å². The first-order valence-corrected chi connectivity index (χ1v) is 7.74. The third-order valence-corrected chi connectivity index (χ3v) is 4.17. The third-order valence-electron chi connectivity index (χ3n) is 4.17. The molecule has 11 heteroatoms. The van der Waals surface area contributed by atoms with Gasteiger partial charge < -0.3 is 14.8 Å². The Morgan fingerprint density at radius 2 is 1.89 bits per heavy atom. The molecule has 1 unspecified atom stereocenters. The highest BCUT2D eigenvalue weighted by Crippen LogP contribution is 2.42. The Labute approximate surface area is 151 Å². The lowest BCUT2D eigenvalue weighted by Gasteiger charge is -2.29. The lowest BCUT2D eigenvalue weighted by Crippen LogP contribution is -2.44. The van der Waals surface area contributed by atoms with Crippen LogP contribution in [0.2, 0.25) is 0 Å². The number of aryl methyl sites for hydroxylation is 1. The first kappa shape index (κ1) is 20.3. The molecule has 8 nitrogen and oxygen atoms in total. The van der Waals surface area contributed by atoms with Crippen LogP contribution in [0.5, 0.6) is 0 Å². The number of halogens is 3. The average Bonchev–Trinajstić information content (AvgIpc) is 3.03. The minimum atomic E-state index is -5.03. The Hall–Kier alpha value is -3.00. The number of nitrogens with one attached hydrogen (secondary N) is 1. The van der Waals surface area contributed by atoms with E-state index in [0.717, 1.165) is 10.6 Å². The van der Waals surface area contributed by atoms with Crippen LogP contribution in [0, 0.1) is 18.3 Å². The highest BCUT2D eigenvalue weighted by Gasteiger charge is 2.56. The van der Waals surface area contributed by atoms with Crippen LogP contribution in [0.1, 0.15) is 23.5 Å². The van der Waals surface area contributed by atoms with Gasteiger partial charge in [-0.05, 0) is 19.1 Å². The summed E-state index contributed by atoms with van der Waals surface area (Å²) in [5.41, 5.74) is -5.34. The van der Waals surface area contributed by atoms with Crippen molar-refractivity contribution in [1.82, 2.24) is 9.13 Å². The molecular formula is C16H17F3N4O4. The van der Waals surface area contributed by atoms with Gasteiger partial charge in [-0.25, -0.2) is 4.79 Å². The fourth-order valence-corrected chi connectivity index (χ4v) is 2.58. The molecular weight excluding hydrogens is 369 g/mol. The van der Waals surface area contributed by atoms with Crippen molar-refractivity contribution in [2.24, 2.45) is 14.1 Å². The molecule has 0 aliphatic heterocycles. The molecule has 0 aliphatic carbocycles. The highest BCUT2D eigenvalue weighted by atomic mass is 19.4. The molecule has 0 aromatic carbocycles. The van der Waals surface area contributed by atoms with Crippen molar-refractivity contribution >= 4 is 5.82 Å². The lowest BCUT2D eigenvalue weighted by molar-refractivity contribution is -0.274. The van der Waals surface area contributed by atoms with E-state index in [-0.39, 0.29) is 11.6 Å². The van der Waals surface area contributed by atoms with Gasteiger partial charge >= 0.3 is 11.9 Å². The van der Waals surface area contributed by atoms with Gasteiger partial charge in [-0.1, -0.05) is 0 Å². The summed E-state index contributed by atoms with van der Waals surface area (Å²) in [5, 5.41) is 21.8. The maximum absolute atomic E-state index is 13.4. The second-order valence-corrected chi connectivity index (χ2v) is 5.99. The van der Waals surface area contributed by atoms with Crippen molar-refractivity contribution in [3.8, 4) is 6.07 Å². The molecule has 0 bridgehead atoms. The van der Waals surface area contributed by atoms with E-state index in [1.54, 1.807) is 6.07 Å². The fraction of sp³-hybridized carbons (Fsp3) is 0.438. The van der Waals surface area contributed by atoms with E-state index in [0.29, 0.717) is 4.57 Å². The van der Waals surface area contributed by atoms with Gasteiger partial charge in [0.1, 0.15) is 23.4 Å². The third kappa shape index (κ3) is 3.48. The van der Waals surface area contributed by atoms with Crippen LogP contribution in [0.4, 0.5) is 19.0 Å². The van der Waals surface area contributed by atoms with Crippen LogP contribution in [0.15, 0.2) is 26.1 Å². The average molecular weight is 386 g/mol. The fourth-order valence-electron chi connectivity index (χ4n) is 2.58. The van der Waals surface area contributed by atoms with Gasteiger partial charge in [-0.3, -0.25) is 13.9 Å². The van der Waals surface area contributed by atoms with Crippen LogP contribution in [0.3, 0.4) is 0 Å². The maximum atomic E-state index is 13.4. The van der Waals surface area contributed by atoms with E-state index in [1.165, 1.54) is 27.1 Å². The second-order valence-electron chi connectivity index (χ2n) is 5.99. The molecule has 146 valence electrons. The zero-order chi connectivity index (χ0) is 20.6. The van der Waals surface area contributed by atoms with Crippen molar-refractivity contribution in [2.45, 2.75) is 25.1 Å². The van der Waals surface area contributed by atoms with Gasteiger partial charge in [0.05, 0.1) is 0 Å². The Morgan fingerprint density at radius 1 is 1.26 bits per heavy atom. The number of aliphatic hydroxyl groups is 1. The van der Waals surface area contributed by atoms with Gasteiger partial charge in [0.15, 0.2) is 5.56 Å². The molecule has 2 heterocycles. The number of alkyl halides is 3. The predicted octanol–water partition coefficient (Wildman–Crippen LogP) is 1.11. The summed E-state index contributed by atoms with van der Waals surface area (Å²) in [4.78, 5) is 23.9. The van der Waals surface area contributed by atoms with Gasteiger partial charge in [0, 0.05) is 27.1 Å². The first-order valence-electron chi connectivity index (χ1n) is 7.74. The van der Waals surface area contributed by atoms with Crippen LogP contribution < -0.4 is 16.6 Å². The summed E-state index contributed by atoms with van der Waals surface area (Å²) >= 11 is 0. The van der Waals surface area contributed by atoms with Gasteiger partial charge in [-0.15, -0.1) is 0 Å². The minimum absolute atomic E-state index is 0.196. The standard InChI is InChI=1S/C16H17F3N4O4/c1-9-4-5-11(27-9)15(26,16(17,18)19)6-7-21-12-10(8-20)13(24)23(3)14(25)22(12)2/h4-5,21,26H,6-7H2,1-3H3. The quantitative estimate of drug-likeness (QED) is 0.796. The Bertz CT molecular complexity index is 1010. The van der Waals surface area contributed by atoms with Crippen molar-refractivity contribution in [1.29, 1.82) is 5.26 Å². The zero-order valence-corrected chi connectivity index (χ0v) is 14.7. The molecule has 2 aromatic heterocycles. The van der Waals surface area contributed by atoms with Crippen LogP contribution in [-0.2, 0) is 19.7 Å². The number of nitriles is 1. The second kappa shape index (κ2) is 6.96. The molecule has 0 radical (unpaired) electrons. The van der Waals surface area contributed by atoms with E-state index in [1.807, 2.05) is 0 Å². The summed E-state index contributed by atoms with van der Waals surface area (Å²) in [5.74, 6) is -0.709. The molecule has 0 fully saturated rings. The molecule has 2 aromatic rings. The summed E-state index contributed by atoms with van der Waals surface area (Å²) in [6.07, 6.45) is -5.91. The molecule has 0 amide bonds. The van der Waals surface area contributed by atoms with Gasteiger partial charge in [-0.2, -0.15) is 18.4 Å². The molecule has 2 rings (SSSR count). The maximum Gasteiger partial charge on any atom is 0.424 e. The monoisotopic (exact) mass is 386 g/mol. The number of rotatable bonds is 5. The number of hydrogen-bond acceptors (Lipinski definition) is 6. The van der Waals surface area contributed by atoms with Crippen LogP contribution in [-0.4, -0.2) is 27.0 Å². The summed E-state index contributed by atoms with van der Waals surface area (Å²) < 4.78 is 46.9. The number of aromatic nitrogens is 2. The lowest BCUT2D eigenvalue weighted by atomic mass is 9.95. The van der Waals surface area contributed by atoms with E-state index in [4.69, 9.17) is 9.68 Å². The Kier molecular flexibility index (Phi) is 5.23. The van der Waals surface area contributed by atoms with Crippen molar-refractivity contribution in [2.75, 3.05) is 11.9 Å². The van der Waals surface area contributed by atoms with Gasteiger partial charge in [0.25, 0.3) is 5.56 Å². The number of nitrogens with zero attached hydrogens (tertiary/aromatic N) is 3. The molecule has 0 spiro atoms. The molecule has 27 heavy (non-hydrogen) atoms. The SMILES string of the molecule is Cc1ccc(C(O)(CCNc2c(C#N)c(=O)n(C)c(=O)n2C)C(F)(F)F)o1. The molecule has 0 saturated heterocycles. The largest absolute Gasteiger partial charge is 0.463 e. The van der Waals surface area contributed by atoms with E-state index < -0.39 is 47.3 Å². The number of furan rings is 1. The normalized spacial score (nSPS) is 13.9. The van der Waals surface area contributed by atoms with Crippen LogP contribution in [0.25, 0.3) is 0 Å². The first-order chi connectivity index (χ1) is 12.4. The summed E-state index contributed by atoms with van der Waals surface area (Å²) in [6, 6.07) is 3.94. The number of hydrogen-bond donors (Lipinski definition) is 2. The predicted molar refractivity (Wildman–Crippen MR) is 88.1 cm³/mol. The summed E-state index contributed by atoms with van der Waals surface area (Å²) in [7, 11) is 2.44. The molecule has 0 aliphatic rings. The van der Waals surface area contributed by atoms with Crippen molar-refractivity contribution in [3.05, 3.63) is 50.1 Å². The zero-order valence-electron chi connectivity index (χ0n) is 14.7. The smallest absolute Gasteiger partial charge is 0.424 e. The minimum Gasteiger partial charge on any atom is -0.463 e. The van der Waals surface area contributed by atoms with Crippen molar-refractivity contribution in [3.63, 3.8) is 0 Å². The Balaban J connectivity index is 2.36. The van der Waals surface area contributed by atoms with E-state index >= 15 is 0 Å². The van der Waals surface area contributed by atoms with E-state index in [9.17, 15) is 27.9 Å².